The number of nitrogens with zero attached hydrogens (tertiary/aromatic N) is 1. The molecule has 0 heterocycles. The van der Waals surface area contributed by atoms with E-state index in [1.54, 1.807) is 0 Å². The largest absolute Gasteiger partial charge is 0.494 e. The summed E-state index contributed by atoms with van der Waals surface area (Å²) in [4.78, 5) is 1.96. The predicted octanol–water partition coefficient (Wildman–Crippen LogP) is 4.63. The maximum Gasteiger partial charge on any atom is 0.276 e. The molecule has 0 aliphatic heterocycles. The zero-order valence-electron chi connectivity index (χ0n) is 13.4. The van der Waals surface area contributed by atoms with E-state index in [9.17, 15) is 8.42 Å². The molecule has 140 valence electrons. The van der Waals surface area contributed by atoms with E-state index in [-0.39, 0.29) is 36.5 Å². The molecule has 0 aliphatic carbocycles. The molecule has 0 aromatic heterocycles. The summed E-state index contributed by atoms with van der Waals surface area (Å²) in [5.74, 6) is 0.462. The molecule has 0 unspecified atom stereocenters. The maximum absolute atomic E-state index is 12.2. The van der Waals surface area contributed by atoms with E-state index in [4.69, 9.17) is 55.9 Å². The van der Waals surface area contributed by atoms with Gasteiger partial charge in [-0.3, -0.25) is 0 Å². The molecule has 26 heavy (non-hydrogen) atoms. The van der Waals surface area contributed by atoms with Gasteiger partial charge in [0.25, 0.3) is 10.0 Å². The summed E-state index contributed by atoms with van der Waals surface area (Å²) in [5, 5.41) is 4.40. The summed E-state index contributed by atoms with van der Waals surface area (Å²) in [7, 11) is -1.14. The van der Waals surface area contributed by atoms with Crippen LogP contribution in [0.2, 0.25) is 20.1 Å². The zero-order chi connectivity index (χ0) is 19.5. The molecular formula is C15H12Cl4N2O4S. The van der Waals surface area contributed by atoms with Gasteiger partial charge in [0.2, 0.25) is 0 Å². The third-order valence-electron chi connectivity index (χ3n) is 3.15. The van der Waals surface area contributed by atoms with E-state index < -0.39 is 10.0 Å². The van der Waals surface area contributed by atoms with Gasteiger partial charge < -0.3 is 9.47 Å². The second-order valence-electron chi connectivity index (χ2n) is 4.76. The van der Waals surface area contributed by atoms with Crippen LogP contribution in [-0.2, 0) is 10.0 Å². The average molecular weight is 458 g/mol. The van der Waals surface area contributed by atoms with Crippen molar-refractivity contribution in [3.05, 3.63) is 49.9 Å². The predicted molar refractivity (Wildman–Crippen MR) is 104 cm³/mol. The van der Waals surface area contributed by atoms with Crippen molar-refractivity contribution < 1.29 is 17.9 Å². The lowest BCUT2D eigenvalue weighted by atomic mass is 10.2. The van der Waals surface area contributed by atoms with Crippen molar-refractivity contribution in [2.24, 2.45) is 5.10 Å². The molecule has 11 heteroatoms. The van der Waals surface area contributed by atoms with Crippen molar-refractivity contribution in [2.75, 3.05) is 14.2 Å². The van der Waals surface area contributed by atoms with Gasteiger partial charge in [-0.15, -0.1) is 0 Å². The highest BCUT2D eigenvalue weighted by molar-refractivity contribution is 7.89. The van der Waals surface area contributed by atoms with Crippen LogP contribution in [0.4, 0.5) is 0 Å². The van der Waals surface area contributed by atoms with Crippen LogP contribution in [0.3, 0.4) is 0 Å². The monoisotopic (exact) mass is 456 g/mol. The van der Waals surface area contributed by atoms with E-state index in [1.807, 2.05) is 0 Å². The Balaban J connectivity index is 2.31. The smallest absolute Gasteiger partial charge is 0.276 e. The Morgan fingerprint density at radius 2 is 1.62 bits per heavy atom. The SMILES string of the molecule is COc1c(Cl)cc(/C=N/NS(=O)(=O)c2ccc(Cl)c(Cl)c2)c(OC)c1Cl. The number of hydrazone groups is 1. The van der Waals surface area contributed by atoms with Crippen LogP contribution in [0.15, 0.2) is 34.3 Å². The normalized spacial score (nSPS) is 11.6. The fourth-order valence-electron chi connectivity index (χ4n) is 1.95. The maximum atomic E-state index is 12.2. The average Bonchev–Trinajstić information content (AvgIpc) is 2.57. The number of ether oxygens (including phenoxy) is 2. The Morgan fingerprint density at radius 3 is 2.19 bits per heavy atom. The van der Waals surface area contributed by atoms with Crippen molar-refractivity contribution >= 4 is 62.6 Å². The van der Waals surface area contributed by atoms with E-state index in [0.29, 0.717) is 5.56 Å². The summed E-state index contributed by atoms with van der Waals surface area (Å²) in [5.41, 5.74) is 0.347. The molecule has 0 fully saturated rings. The summed E-state index contributed by atoms with van der Waals surface area (Å²) >= 11 is 23.8. The molecule has 0 saturated carbocycles. The second-order valence-corrected chi connectivity index (χ2v) is 8.02. The zero-order valence-corrected chi connectivity index (χ0v) is 17.2. The molecule has 0 radical (unpaired) electrons. The van der Waals surface area contributed by atoms with Gasteiger partial charge in [-0.2, -0.15) is 13.5 Å². The first kappa shape index (κ1) is 20.9. The minimum absolute atomic E-state index is 0.0955. The third kappa shape index (κ3) is 4.47. The van der Waals surface area contributed by atoms with Crippen molar-refractivity contribution in [3.63, 3.8) is 0 Å². The molecule has 2 aromatic carbocycles. The quantitative estimate of drug-likeness (QED) is 0.506. The molecule has 6 nitrogen and oxygen atoms in total. The van der Waals surface area contributed by atoms with Gasteiger partial charge in [0.15, 0.2) is 5.75 Å². The number of rotatable bonds is 6. The molecule has 2 rings (SSSR count). The molecule has 0 amide bonds. The lowest BCUT2D eigenvalue weighted by Gasteiger charge is -2.12. The van der Waals surface area contributed by atoms with Crippen molar-refractivity contribution in [1.82, 2.24) is 4.83 Å². The first-order chi connectivity index (χ1) is 12.2. The minimum Gasteiger partial charge on any atom is -0.494 e. The molecule has 0 bridgehead atoms. The van der Waals surface area contributed by atoms with Crippen LogP contribution in [0.25, 0.3) is 0 Å². The molecule has 0 saturated heterocycles. The fourth-order valence-corrected chi connectivity index (χ4v) is 3.84. The molecule has 0 aliphatic rings. The Labute approximate surface area is 170 Å². The highest BCUT2D eigenvalue weighted by Crippen LogP contribution is 2.41. The van der Waals surface area contributed by atoms with Crippen LogP contribution in [-0.4, -0.2) is 28.9 Å². The molecule has 0 atom stereocenters. The Bertz CT molecular complexity index is 965. The standard InChI is InChI=1S/C15H12Cl4N2O4S/c1-24-14-8(5-12(18)15(25-2)13(14)19)7-20-21-26(22,23)9-3-4-10(16)11(17)6-9/h3-7,21H,1-2H3/b20-7+. The van der Waals surface area contributed by atoms with Crippen LogP contribution in [0, 0.1) is 0 Å². The summed E-state index contributed by atoms with van der Waals surface area (Å²) < 4.78 is 34.8. The lowest BCUT2D eigenvalue weighted by Crippen LogP contribution is -2.18. The fraction of sp³-hybridized carbons (Fsp3) is 0.133. The van der Waals surface area contributed by atoms with Crippen LogP contribution in [0.1, 0.15) is 5.56 Å². The van der Waals surface area contributed by atoms with E-state index in [0.717, 1.165) is 0 Å². The van der Waals surface area contributed by atoms with Gasteiger partial charge in [0, 0.05) is 5.56 Å². The third-order valence-corrected chi connectivity index (χ3v) is 5.73. The van der Waals surface area contributed by atoms with Gasteiger partial charge in [-0.1, -0.05) is 46.4 Å². The number of hydrogen-bond donors (Lipinski definition) is 1. The van der Waals surface area contributed by atoms with Gasteiger partial charge in [0.05, 0.1) is 40.4 Å². The van der Waals surface area contributed by atoms with Crippen molar-refractivity contribution in [2.45, 2.75) is 4.90 Å². The first-order valence-corrected chi connectivity index (χ1v) is 9.80. The topological polar surface area (TPSA) is 77.0 Å². The van der Waals surface area contributed by atoms with Crippen molar-refractivity contribution in [1.29, 1.82) is 0 Å². The van der Waals surface area contributed by atoms with Gasteiger partial charge in [0.1, 0.15) is 10.8 Å². The highest BCUT2D eigenvalue weighted by Gasteiger charge is 2.17. The van der Waals surface area contributed by atoms with Gasteiger partial charge >= 0.3 is 0 Å². The summed E-state index contributed by atoms with van der Waals surface area (Å²) in [6, 6.07) is 5.35. The van der Waals surface area contributed by atoms with Crippen LogP contribution in [0.5, 0.6) is 11.5 Å². The number of hydrogen-bond acceptors (Lipinski definition) is 5. The first-order valence-electron chi connectivity index (χ1n) is 6.81. The van der Waals surface area contributed by atoms with Crippen molar-refractivity contribution in [3.8, 4) is 11.5 Å². The number of halogens is 4. The van der Waals surface area contributed by atoms with E-state index in [1.165, 1.54) is 44.7 Å². The summed E-state index contributed by atoms with van der Waals surface area (Å²) in [6.07, 6.45) is 1.20. The van der Waals surface area contributed by atoms with E-state index in [2.05, 4.69) is 9.93 Å². The minimum atomic E-state index is -3.94. The van der Waals surface area contributed by atoms with Crippen LogP contribution < -0.4 is 14.3 Å². The Hall–Kier alpha value is -1.38. The highest BCUT2D eigenvalue weighted by atomic mass is 35.5. The Morgan fingerprint density at radius 1 is 0.962 bits per heavy atom. The van der Waals surface area contributed by atoms with Gasteiger partial charge in [-0.25, -0.2) is 4.83 Å². The second kappa shape index (κ2) is 8.54. The lowest BCUT2D eigenvalue weighted by molar-refractivity contribution is 0.394. The number of nitrogens with one attached hydrogen (secondary N) is 1. The van der Waals surface area contributed by atoms with Crippen LogP contribution >= 0.6 is 46.4 Å². The van der Waals surface area contributed by atoms with E-state index >= 15 is 0 Å². The molecular weight excluding hydrogens is 446 g/mol. The molecule has 1 N–H and O–H groups in total. The number of benzene rings is 2. The summed E-state index contributed by atoms with van der Waals surface area (Å²) in [6.45, 7) is 0. The number of methoxy groups -OCH3 is 2. The molecule has 0 spiro atoms. The Kier molecular flexibility index (Phi) is 6.87. The molecule has 2 aromatic rings. The van der Waals surface area contributed by atoms with Gasteiger partial charge in [-0.05, 0) is 24.3 Å². The number of sulfonamides is 1.